The number of hydrogen-bond acceptors (Lipinski definition) is 3. The van der Waals surface area contributed by atoms with Crippen molar-refractivity contribution in [3.05, 3.63) is 17.7 Å². The smallest absolute Gasteiger partial charge is 0.398 e. The van der Waals surface area contributed by atoms with Crippen LogP contribution in [0.3, 0.4) is 0 Å². The summed E-state index contributed by atoms with van der Waals surface area (Å²) in [6.07, 6.45) is -4.43. The van der Waals surface area contributed by atoms with E-state index in [9.17, 15) is 13.2 Å². The highest BCUT2D eigenvalue weighted by molar-refractivity contribution is 7.80. The predicted octanol–water partition coefficient (Wildman–Crippen LogP) is 2.16. The molecule has 13 heavy (non-hydrogen) atoms. The number of nitrogen functional groups attached to an aromatic ring is 2. The van der Waals surface area contributed by atoms with Gasteiger partial charge in [0.15, 0.2) is 0 Å². The molecule has 0 aliphatic rings. The van der Waals surface area contributed by atoms with Crippen LogP contribution in [0.5, 0.6) is 0 Å². The third-order valence-electron chi connectivity index (χ3n) is 1.50. The minimum Gasteiger partial charge on any atom is -0.398 e. The van der Waals surface area contributed by atoms with Gasteiger partial charge in [-0.1, -0.05) is 0 Å². The summed E-state index contributed by atoms with van der Waals surface area (Å²) >= 11 is 3.84. The van der Waals surface area contributed by atoms with Crippen LogP contribution < -0.4 is 11.5 Å². The van der Waals surface area contributed by atoms with Crippen LogP contribution >= 0.6 is 12.6 Å². The van der Waals surface area contributed by atoms with Crippen molar-refractivity contribution < 1.29 is 13.2 Å². The van der Waals surface area contributed by atoms with Crippen LogP contribution in [-0.2, 0) is 6.18 Å². The maximum absolute atomic E-state index is 12.1. The zero-order chi connectivity index (χ0) is 10.2. The molecule has 0 amide bonds. The Morgan fingerprint density at radius 1 is 1.08 bits per heavy atom. The predicted molar refractivity (Wildman–Crippen MR) is 47.5 cm³/mol. The fourth-order valence-corrected chi connectivity index (χ4v) is 0.973. The lowest BCUT2D eigenvalue weighted by Crippen LogP contribution is -2.07. The van der Waals surface area contributed by atoms with Crippen LogP contribution in [0, 0.1) is 0 Å². The van der Waals surface area contributed by atoms with Crippen LogP contribution in [0.4, 0.5) is 24.5 Å². The number of hydrogen-bond donors (Lipinski definition) is 3. The third-order valence-corrected chi connectivity index (χ3v) is 2.01. The van der Waals surface area contributed by atoms with Gasteiger partial charge in [0.05, 0.1) is 10.5 Å². The highest BCUT2D eigenvalue weighted by Gasteiger charge is 2.31. The fraction of sp³-hybridized carbons (Fsp3) is 0.143. The van der Waals surface area contributed by atoms with Crippen molar-refractivity contribution in [3.8, 4) is 0 Å². The summed E-state index contributed by atoms with van der Waals surface area (Å²) in [5.74, 6) is 0. The zero-order valence-corrected chi connectivity index (χ0v) is 7.28. The van der Waals surface area contributed by atoms with Crippen molar-refractivity contribution in [2.75, 3.05) is 11.5 Å². The summed E-state index contributed by atoms with van der Waals surface area (Å²) in [5, 5.41) is 0. The molecule has 0 fully saturated rings. The van der Waals surface area contributed by atoms with Crippen molar-refractivity contribution in [3.63, 3.8) is 0 Å². The minimum atomic E-state index is -4.43. The lowest BCUT2D eigenvalue weighted by atomic mass is 10.1. The fourth-order valence-electron chi connectivity index (χ4n) is 0.844. The lowest BCUT2D eigenvalue weighted by molar-refractivity contribution is -0.137. The molecule has 0 aliphatic heterocycles. The third kappa shape index (κ3) is 2.00. The molecule has 0 saturated heterocycles. The van der Waals surface area contributed by atoms with E-state index in [1.54, 1.807) is 0 Å². The molecule has 1 aromatic rings. The second kappa shape index (κ2) is 3.02. The monoisotopic (exact) mass is 208 g/mol. The van der Waals surface area contributed by atoms with E-state index in [-0.39, 0.29) is 16.3 Å². The first-order valence-electron chi connectivity index (χ1n) is 3.27. The van der Waals surface area contributed by atoms with Gasteiger partial charge in [-0.25, -0.2) is 0 Å². The molecule has 72 valence electrons. The molecule has 0 unspecified atom stereocenters. The Labute approximate surface area is 78.1 Å². The molecule has 0 saturated carbocycles. The number of benzene rings is 1. The van der Waals surface area contributed by atoms with Crippen LogP contribution in [0.1, 0.15) is 5.56 Å². The molecule has 0 heterocycles. The quantitative estimate of drug-likeness (QED) is 0.452. The summed E-state index contributed by atoms with van der Waals surface area (Å²) in [5.41, 5.74) is 9.52. The molecule has 4 N–H and O–H groups in total. The van der Waals surface area contributed by atoms with Gasteiger partial charge in [-0.2, -0.15) is 13.2 Å². The highest BCUT2D eigenvalue weighted by atomic mass is 32.1. The summed E-state index contributed by atoms with van der Waals surface area (Å²) in [4.78, 5) is 0.174. The maximum Gasteiger partial charge on any atom is 0.416 e. The van der Waals surface area contributed by atoms with E-state index in [0.29, 0.717) is 0 Å². The average Bonchev–Trinajstić information content (AvgIpc) is 1.97. The first kappa shape index (κ1) is 10.0. The highest BCUT2D eigenvalue weighted by Crippen LogP contribution is 2.35. The molecule has 0 bridgehead atoms. The Bertz CT molecular complexity index is 312. The molecule has 6 heteroatoms. The number of thiol groups is 1. The van der Waals surface area contributed by atoms with E-state index in [1.807, 2.05) is 0 Å². The second-order valence-electron chi connectivity index (χ2n) is 2.50. The topological polar surface area (TPSA) is 52.0 Å². The van der Waals surface area contributed by atoms with E-state index < -0.39 is 11.7 Å². The van der Waals surface area contributed by atoms with Gasteiger partial charge in [0.2, 0.25) is 0 Å². The molecule has 2 nitrogen and oxygen atoms in total. The second-order valence-corrected chi connectivity index (χ2v) is 2.95. The van der Waals surface area contributed by atoms with Gasteiger partial charge < -0.3 is 11.5 Å². The molecular weight excluding hydrogens is 201 g/mol. The Hall–Kier alpha value is -1.04. The maximum atomic E-state index is 12.1. The van der Waals surface area contributed by atoms with E-state index >= 15 is 0 Å². The summed E-state index contributed by atoms with van der Waals surface area (Å²) in [6, 6.07) is 1.61. The molecule has 0 spiro atoms. The van der Waals surface area contributed by atoms with E-state index in [2.05, 4.69) is 12.6 Å². The SMILES string of the molecule is Nc1cc(C(F)(F)F)cc(N)c1S. The van der Waals surface area contributed by atoms with Crippen LogP contribution in [0.15, 0.2) is 17.0 Å². The van der Waals surface area contributed by atoms with Gasteiger partial charge in [-0.05, 0) is 12.1 Å². The van der Waals surface area contributed by atoms with E-state index in [4.69, 9.17) is 11.5 Å². The van der Waals surface area contributed by atoms with Gasteiger partial charge in [-0.3, -0.25) is 0 Å². The Morgan fingerprint density at radius 3 is 1.77 bits per heavy atom. The first-order valence-corrected chi connectivity index (χ1v) is 3.72. The van der Waals surface area contributed by atoms with Gasteiger partial charge in [-0.15, -0.1) is 12.6 Å². The normalized spacial score (nSPS) is 11.7. The van der Waals surface area contributed by atoms with Crippen molar-refractivity contribution in [2.24, 2.45) is 0 Å². The Kier molecular flexibility index (Phi) is 2.34. The zero-order valence-electron chi connectivity index (χ0n) is 6.39. The molecule has 1 aromatic carbocycles. The van der Waals surface area contributed by atoms with Crippen LogP contribution in [0.2, 0.25) is 0 Å². The summed E-state index contributed by atoms with van der Waals surface area (Å²) in [6.45, 7) is 0. The molecule has 0 atom stereocenters. The summed E-state index contributed by atoms with van der Waals surface area (Å²) < 4.78 is 36.4. The first-order chi connectivity index (χ1) is 5.82. The van der Waals surface area contributed by atoms with E-state index in [0.717, 1.165) is 12.1 Å². The molecule has 0 aromatic heterocycles. The average molecular weight is 208 g/mol. The number of alkyl halides is 3. The number of nitrogens with two attached hydrogens (primary N) is 2. The molecule has 1 rings (SSSR count). The molecule has 0 aliphatic carbocycles. The van der Waals surface area contributed by atoms with E-state index in [1.165, 1.54) is 0 Å². The lowest BCUT2D eigenvalue weighted by Gasteiger charge is -2.10. The Balaban J connectivity index is 3.29. The Morgan fingerprint density at radius 2 is 1.46 bits per heavy atom. The van der Waals surface area contributed by atoms with Crippen molar-refractivity contribution in [1.82, 2.24) is 0 Å². The van der Waals surface area contributed by atoms with Crippen LogP contribution in [-0.4, -0.2) is 0 Å². The number of rotatable bonds is 0. The minimum absolute atomic E-state index is 0.0735. The molecule has 0 radical (unpaired) electrons. The van der Waals surface area contributed by atoms with Gasteiger partial charge in [0.1, 0.15) is 0 Å². The van der Waals surface area contributed by atoms with Crippen molar-refractivity contribution in [1.29, 1.82) is 0 Å². The van der Waals surface area contributed by atoms with Crippen molar-refractivity contribution in [2.45, 2.75) is 11.1 Å². The summed E-state index contributed by atoms with van der Waals surface area (Å²) in [7, 11) is 0. The van der Waals surface area contributed by atoms with Gasteiger partial charge in [0.25, 0.3) is 0 Å². The standard InChI is InChI=1S/C7H7F3N2S/c8-7(9,10)3-1-4(11)6(13)5(12)2-3/h1-2,13H,11-12H2. The van der Waals surface area contributed by atoms with Crippen LogP contribution in [0.25, 0.3) is 0 Å². The van der Waals surface area contributed by atoms with Gasteiger partial charge >= 0.3 is 6.18 Å². The van der Waals surface area contributed by atoms with Gasteiger partial charge in [0, 0.05) is 11.4 Å². The number of halogens is 3. The largest absolute Gasteiger partial charge is 0.416 e. The van der Waals surface area contributed by atoms with Crippen molar-refractivity contribution >= 4 is 24.0 Å². The number of anilines is 2. The molecular formula is C7H7F3N2S.